The number of benzene rings is 2. The first-order valence-corrected chi connectivity index (χ1v) is 29.4. The summed E-state index contributed by atoms with van der Waals surface area (Å²) in [6, 6.07) is 22.5. The van der Waals surface area contributed by atoms with E-state index in [4.69, 9.17) is 9.26 Å². The highest BCUT2D eigenvalue weighted by Crippen LogP contribution is 2.42. The van der Waals surface area contributed by atoms with Crippen LogP contribution in [-0.4, -0.2) is 152 Å². The number of fused-ring (bicyclic) bond motifs is 2. The molecule has 4 aromatic heterocycles. The van der Waals surface area contributed by atoms with E-state index < -0.39 is 18.1 Å². The first kappa shape index (κ1) is 52.9. The molecule has 414 valence electrons. The molecule has 4 aliphatic heterocycles. The van der Waals surface area contributed by atoms with E-state index in [2.05, 4.69) is 68.4 Å². The largest absolute Gasteiger partial charge is 0.507 e. The summed E-state index contributed by atoms with van der Waals surface area (Å²) >= 11 is 1.60. The van der Waals surface area contributed by atoms with Crippen LogP contribution in [0.4, 0.5) is 11.5 Å². The van der Waals surface area contributed by atoms with E-state index in [-0.39, 0.29) is 48.6 Å². The van der Waals surface area contributed by atoms with E-state index in [9.17, 15) is 19.8 Å². The van der Waals surface area contributed by atoms with E-state index in [1.807, 2.05) is 87.9 Å². The summed E-state index contributed by atoms with van der Waals surface area (Å²) < 4.78 is 12.4. The summed E-state index contributed by atoms with van der Waals surface area (Å²) in [5.74, 6) is 2.19. The Morgan fingerprint density at radius 2 is 1.62 bits per heavy atom. The maximum atomic E-state index is 14.4. The number of ether oxygens (including phenoxy) is 1. The second kappa shape index (κ2) is 22.8. The first-order chi connectivity index (χ1) is 38.4. The number of piperazine rings is 1. The zero-order valence-electron chi connectivity index (χ0n) is 45.8. The number of aliphatic hydroxyl groups excluding tert-OH is 1. The number of β-amino-alcohol motifs (C(OH)–C–C–N with tert-alkyl or cyclic N) is 1. The highest BCUT2D eigenvalue weighted by atomic mass is 32.1. The number of aromatic nitrogens is 5. The molecular weight excluding hydrogens is 1010 g/mol. The number of nitrogens with zero attached hydrogens (tertiary/aromatic N) is 10. The van der Waals surface area contributed by atoms with Crippen LogP contribution < -0.4 is 19.9 Å². The number of hydrogen-bond donors (Lipinski definition) is 3. The molecule has 17 nitrogen and oxygen atoms in total. The first-order valence-electron chi connectivity index (χ1n) is 28.6. The van der Waals surface area contributed by atoms with E-state index in [0.29, 0.717) is 34.7 Å². The van der Waals surface area contributed by atoms with Crippen molar-refractivity contribution in [1.29, 1.82) is 0 Å². The number of aryl methyl sites for hydroxylation is 1. The van der Waals surface area contributed by atoms with Crippen molar-refractivity contribution in [2.75, 3.05) is 81.8 Å². The Kier molecular flexibility index (Phi) is 15.3. The van der Waals surface area contributed by atoms with Crippen LogP contribution in [0.2, 0.25) is 0 Å². The molecule has 6 aliphatic rings. The number of carbonyl (C=O) groups is 2. The number of nitrogens with one attached hydrogen (secondary N) is 1. The maximum absolute atomic E-state index is 14.4. The number of phenols is 1. The van der Waals surface area contributed by atoms with Gasteiger partial charge in [-0.15, -0.1) is 11.3 Å². The number of amides is 2. The van der Waals surface area contributed by atoms with Crippen LogP contribution in [0.1, 0.15) is 99.5 Å². The van der Waals surface area contributed by atoms with E-state index in [1.165, 1.54) is 29.6 Å². The molecule has 6 aromatic rings. The highest BCUT2D eigenvalue weighted by Gasteiger charge is 2.44. The summed E-state index contributed by atoms with van der Waals surface area (Å²) in [6.45, 7) is 17.8. The molecule has 2 aliphatic carbocycles. The van der Waals surface area contributed by atoms with Gasteiger partial charge in [0.05, 0.1) is 39.6 Å². The average Bonchev–Trinajstić information content (AvgIpc) is 4.33. The molecule has 0 bridgehead atoms. The van der Waals surface area contributed by atoms with Crippen LogP contribution in [-0.2, 0) is 16.0 Å². The lowest BCUT2D eigenvalue weighted by molar-refractivity contribution is -0.141. The molecule has 0 spiro atoms. The summed E-state index contributed by atoms with van der Waals surface area (Å²) in [6.07, 6.45) is 7.74. The fraction of sp³-hybridized carbons (Fsp3) is 0.492. The van der Waals surface area contributed by atoms with Gasteiger partial charge in [0.15, 0.2) is 11.6 Å². The summed E-state index contributed by atoms with van der Waals surface area (Å²) in [5.41, 5.74) is 12.3. The number of carbonyl (C=O) groups excluding carboxylic acids is 2. The molecule has 1 saturated carbocycles. The molecule has 3 saturated heterocycles. The maximum Gasteiger partial charge on any atom is 0.243 e. The van der Waals surface area contributed by atoms with Gasteiger partial charge in [0, 0.05) is 107 Å². The van der Waals surface area contributed by atoms with Crippen LogP contribution in [0.25, 0.3) is 27.3 Å². The van der Waals surface area contributed by atoms with Crippen molar-refractivity contribution in [1.82, 2.24) is 45.3 Å². The van der Waals surface area contributed by atoms with E-state index >= 15 is 0 Å². The molecule has 8 heterocycles. The standard InChI is InChI=1S/C61H73N11O6S/c1-37(2)58(61(76)72-35-46(73)29-53(72)60(75)64-38(3)42-9-11-43(12-10-42)59-39(4)63-36-79-59)55-31-56(67-78-55)70-23-21-69(22-24-70)32-40-14-18-68(19-15-40)33-41-25-47(26-41)77-57-28-45(13-17-62-57)71-20-16-48-44(34-71)27-51-50(48)30-52(66-65-51)49-7-5-6-8-54(49)74/h5-13,17,28,30-31,36-38,40-41,46-47,53,58,73-74H,14-16,18-27,29,32-35H2,1-4H3,(H,64,75)/t38-,41?,46+,47?,53-,58+/m0/s1. The molecule has 2 aromatic carbocycles. The number of phenolic OH excluding ortho intramolecular Hbond substituents is 1. The van der Waals surface area contributed by atoms with Gasteiger partial charge in [-0.1, -0.05) is 55.4 Å². The summed E-state index contributed by atoms with van der Waals surface area (Å²) in [4.78, 5) is 49.8. The van der Waals surface area contributed by atoms with Crippen LogP contribution in [0, 0.1) is 24.7 Å². The molecule has 4 atom stereocenters. The number of thiazole rings is 1. The number of anilines is 2. The topological polar surface area (TPSA) is 190 Å². The van der Waals surface area contributed by atoms with Gasteiger partial charge in [0.25, 0.3) is 0 Å². The van der Waals surface area contributed by atoms with Crippen LogP contribution in [0.5, 0.6) is 11.6 Å². The minimum Gasteiger partial charge on any atom is -0.507 e. The van der Waals surface area contributed by atoms with Crippen LogP contribution in [0.15, 0.2) is 94.6 Å². The van der Waals surface area contributed by atoms with Crippen molar-refractivity contribution in [3.8, 4) is 33.3 Å². The lowest BCUT2D eigenvalue weighted by Gasteiger charge is -2.42. The second-order valence-corrected chi connectivity index (χ2v) is 24.2. The van der Waals surface area contributed by atoms with Gasteiger partial charge >= 0.3 is 0 Å². The smallest absolute Gasteiger partial charge is 0.243 e. The SMILES string of the molecule is Cc1ncsc1-c1ccc([C@H](C)NC(=O)[C@@H]2C[C@@H](O)CN2C(=O)[C@@H](c2cc(N3CCN(CC4CCN(CC5CC(Oc6cc(N7CCC8=C(Cc9nnc(-c%10ccccc%10O)cc98)C7)ccn6)C5)CC4)CC3)no2)C(C)C)cc1. The van der Waals surface area contributed by atoms with Gasteiger partial charge in [-0.2, -0.15) is 10.2 Å². The molecule has 3 N–H and O–H groups in total. The Morgan fingerprint density at radius 1 is 0.848 bits per heavy atom. The summed E-state index contributed by atoms with van der Waals surface area (Å²) in [7, 11) is 0. The van der Waals surface area contributed by atoms with Gasteiger partial charge in [0.2, 0.25) is 17.7 Å². The summed E-state index contributed by atoms with van der Waals surface area (Å²) in [5, 5.41) is 37.9. The number of aliphatic hydroxyl groups is 1. The Morgan fingerprint density at radius 3 is 2.38 bits per heavy atom. The van der Waals surface area contributed by atoms with Crippen LogP contribution >= 0.6 is 11.3 Å². The quantitative estimate of drug-likeness (QED) is 0.0841. The fourth-order valence-electron chi connectivity index (χ4n) is 13.1. The number of piperidine rings is 1. The highest BCUT2D eigenvalue weighted by molar-refractivity contribution is 7.13. The molecule has 0 unspecified atom stereocenters. The number of para-hydroxylation sites is 1. The minimum atomic E-state index is -0.798. The fourth-order valence-corrected chi connectivity index (χ4v) is 13.9. The van der Waals surface area contributed by atoms with Gasteiger partial charge in [0.1, 0.15) is 23.8 Å². The Bertz CT molecular complexity index is 3180. The van der Waals surface area contributed by atoms with Crippen molar-refractivity contribution < 1.29 is 29.1 Å². The Labute approximate surface area is 466 Å². The zero-order chi connectivity index (χ0) is 54.3. The van der Waals surface area contributed by atoms with Gasteiger partial charge < -0.3 is 44.4 Å². The molecule has 4 fully saturated rings. The van der Waals surface area contributed by atoms with Crippen LogP contribution in [0.3, 0.4) is 0 Å². The third-order valence-electron chi connectivity index (χ3n) is 17.6. The molecule has 12 rings (SSSR count). The molecule has 79 heavy (non-hydrogen) atoms. The number of rotatable bonds is 16. The lowest BCUT2D eigenvalue weighted by Crippen LogP contribution is -2.49. The molecule has 0 radical (unpaired) electrons. The number of likely N-dealkylation sites (tertiary alicyclic amines) is 2. The van der Waals surface area contributed by atoms with Gasteiger partial charge in [-0.05, 0) is 123 Å². The van der Waals surface area contributed by atoms with Crippen molar-refractivity contribution in [3.63, 3.8) is 0 Å². The van der Waals surface area contributed by atoms with Gasteiger partial charge in [-0.3, -0.25) is 14.5 Å². The third kappa shape index (κ3) is 11.4. The second-order valence-electron chi connectivity index (χ2n) is 23.3. The Balaban J connectivity index is 0.562. The zero-order valence-corrected chi connectivity index (χ0v) is 46.7. The predicted octanol–water partition coefficient (Wildman–Crippen LogP) is 8.15. The Hall–Kier alpha value is -6.73. The average molecular weight is 1090 g/mol. The third-order valence-corrected chi connectivity index (χ3v) is 18.6. The van der Waals surface area contributed by atoms with Gasteiger partial charge in [-0.25, -0.2) is 9.97 Å². The van der Waals surface area contributed by atoms with Crippen molar-refractivity contribution in [2.45, 2.75) is 103 Å². The molecule has 2 amide bonds. The van der Waals surface area contributed by atoms with E-state index in [0.717, 1.165) is 130 Å². The monoisotopic (exact) mass is 1090 g/mol. The number of aromatic hydroxyl groups is 1. The minimum absolute atomic E-state index is 0.0893. The normalized spacial score (nSPS) is 22.7. The molecule has 18 heteroatoms. The van der Waals surface area contributed by atoms with Crippen molar-refractivity contribution in [3.05, 3.63) is 118 Å². The lowest BCUT2D eigenvalue weighted by atomic mass is 9.81. The number of hydrogen-bond acceptors (Lipinski definition) is 16. The number of pyridine rings is 1. The predicted molar refractivity (Wildman–Crippen MR) is 305 cm³/mol. The molecular formula is C61H73N11O6S. The van der Waals surface area contributed by atoms with Crippen molar-refractivity contribution >= 4 is 40.2 Å². The van der Waals surface area contributed by atoms with E-state index in [1.54, 1.807) is 22.3 Å². The van der Waals surface area contributed by atoms with Crippen molar-refractivity contribution in [2.24, 2.45) is 17.8 Å².